The summed E-state index contributed by atoms with van der Waals surface area (Å²) in [6, 6.07) is 7.66. The Balaban J connectivity index is 1.98. The zero-order valence-electron chi connectivity index (χ0n) is 11.3. The second-order valence-electron chi connectivity index (χ2n) is 5.55. The second-order valence-corrected chi connectivity index (χ2v) is 6.47. The van der Waals surface area contributed by atoms with Gasteiger partial charge in [-0.15, -0.1) is 0 Å². The quantitative estimate of drug-likeness (QED) is 0.926. The first-order valence-electron chi connectivity index (χ1n) is 6.77. The highest BCUT2D eigenvalue weighted by molar-refractivity contribution is 9.10. The molecule has 1 saturated carbocycles. The summed E-state index contributed by atoms with van der Waals surface area (Å²) in [6.07, 6.45) is 4.83. The van der Waals surface area contributed by atoms with Gasteiger partial charge in [0.15, 0.2) is 0 Å². The lowest BCUT2D eigenvalue weighted by Crippen LogP contribution is -2.38. The van der Waals surface area contributed by atoms with Gasteiger partial charge in [0.25, 0.3) is 0 Å². The molecule has 2 N–H and O–H groups in total. The van der Waals surface area contributed by atoms with Crippen molar-refractivity contribution in [3.63, 3.8) is 0 Å². The van der Waals surface area contributed by atoms with Crippen LogP contribution < -0.4 is 5.73 Å². The van der Waals surface area contributed by atoms with Crippen LogP contribution >= 0.6 is 15.9 Å². The molecule has 0 spiro atoms. The molecule has 1 aromatic rings. The smallest absolute Gasteiger partial charge is 0.0236 e. The van der Waals surface area contributed by atoms with Gasteiger partial charge in [-0.2, -0.15) is 0 Å². The second kappa shape index (κ2) is 6.18. The summed E-state index contributed by atoms with van der Waals surface area (Å²) in [5, 5.41) is 0. The van der Waals surface area contributed by atoms with E-state index >= 15 is 0 Å². The average molecular weight is 311 g/mol. The van der Waals surface area contributed by atoms with E-state index in [-0.39, 0.29) is 0 Å². The lowest BCUT2D eigenvalue weighted by Gasteiger charge is -2.33. The van der Waals surface area contributed by atoms with E-state index < -0.39 is 0 Å². The molecule has 0 aromatic heterocycles. The molecule has 1 aromatic carbocycles. The number of aryl methyl sites for hydroxylation is 1. The Kier molecular flexibility index (Phi) is 4.82. The number of benzene rings is 1. The summed E-state index contributed by atoms with van der Waals surface area (Å²) in [4.78, 5) is 2.49. The van der Waals surface area contributed by atoms with Crippen LogP contribution in [0.5, 0.6) is 0 Å². The predicted octanol–water partition coefficient (Wildman–Crippen LogP) is 3.46. The first-order chi connectivity index (χ1) is 8.56. The van der Waals surface area contributed by atoms with E-state index in [4.69, 9.17) is 5.73 Å². The Morgan fingerprint density at radius 1 is 1.28 bits per heavy atom. The zero-order chi connectivity index (χ0) is 13.1. The minimum absolute atomic E-state index is 0.433. The molecule has 0 bridgehead atoms. The Hall–Kier alpha value is -0.380. The minimum atomic E-state index is 0.433. The van der Waals surface area contributed by atoms with Gasteiger partial charge in [0, 0.05) is 23.1 Å². The third kappa shape index (κ3) is 3.56. The van der Waals surface area contributed by atoms with Crippen molar-refractivity contribution in [3.8, 4) is 0 Å². The summed E-state index contributed by atoms with van der Waals surface area (Å²) < 4.78 is 1.17. The highest BCUT2D eigenvalue weighted by Crippen LogP contribution is 2.24. The van der Waals surface area contributed by atoms with Crippen LogP contribution in [0.15, 0.2) is 22.7 Å². The largest absolute Gasteiger partial charge is 0.328 e. The van der Waals surface area contributed by atoms with Crippen molar-refractivity contribution in [1.82, 2.24) is 4.90 Å². The van der Waals surface area contributed by atoms with Crippen molar-refractivity contribution >= 4 is 15.9 Å². The molecular formula is C15H23BrN2. The molecule has 100 valence electrons. The van der Waals surface area contributed by atoms with E-state index in [2.05, 4.69) is 53.0 Å². The fourth-order valence-electron chi connectivity index (χ4n) is 2.75. The van der Waals surface area contributed by atoms with Crippen molar-refractivity contribution in [2.24, 2.45) is 5.73 Å². The van der Waals surface area contributed by atoms with Crippen molar-refractivity contribution in [1.29, 1.82) is 0 Å². The third-order valence-electron chi connectivity index (χ3n) is 4.10. The molecule has 0 atom stereocenters. The molecule has 2 nitrogen and oxygen atoms in total. The topological polar surface area (TPSA) is 29.3 Å². The van der Waals surface area contributed by atoms with Gasteiger partial charge in [-0.1, -0.05) is 22.0 Å². The molecule has 18 heavy (non-hydrogen) atoms. The summed E-state index contributed by atoms with van der Waals surface area (Å²) in [6.45, 7) is 3.22. The number of rotatable bonds is 3. The van der Waals surface area contributed by atoms with Crippen LogP contribution in [0.2, 0.25) is 0 Å². The molecule has 0 aliphatic heterocycles. The zero-order valence-corrected chi connectivity index (χ0v) is 12.9. The van der Waals surface area contributed by atoms with E-state index in [1.54, 1.807) is 0 Å². The maximum absolute atomic E-state index is 5.97. The molecule has 2 rings (SSSR count). The SMILES string of the molecule is Cc1ccc(Br)cc1CN(C)C1CCC(N)CC1. The van der Waals surface area contributed by atoms with Crippen LogP contribution in [-0.2, 0) is 6.54 Å². The monoisotopic (exact) mass is 310 g/mol. The number of hydrogen-bond acceptors (Lipinski definition) is 2. The van der Waals surface area contributed by atoms with Gasteiger partial charge < -0.3 is 5.73 Å². The average Bonchev–Trinajstić information content (AvgIpc) is 2.34. The van der Waals surface area contributed by atoms with Gasteiger partial charge in [0.2, 0.25) is 0 Å². The molecule has 0 radical (unpaired) electrons. The molecule has 0 saturated heterocycles. The molecule has 1 aliphatic rings. The van der Waals surface area contributed by atoms with E-state index in [1.165, 1.54) is 41.3 Å². The van der Waals surface area contributed by atoms with Crippen molar-refractivity contribution < 1.29 is 0 Å². The lowest BCUT2D eigenvalue weighted by atomic mass is 9.90. The first-order valence-corrected chi connectivity index (χ1v) is 7.56. The molecule has 0 heterocycles. The standard InChI is InChI=1S/C15H23BrN2/c1-11-3-4-13(16)9-12(11)10-18(2)15-7-5-14(17)6-8-15/h3-4,9,14-15H,5-8,10,17H2,1-2H3. The van der Waals surface area contributed by atoms with E-state index in [0.717, 1.165) is 6.54 Å². The van der Waals surface area contributed by atoms with Gasteiger partial charge >= 0.3 is 0 Å². The number of hydrogen-bond donors (Lipinski definition) is 1. The fourth-order valence-corrected chi connectivity index (χ4v) is 3.16. The van der Waals surface area contributed by atoms with E-state index in [9.17, 15) is 0 Å². The Bertz CT molecular complexity index is 397. The van der Waals surface area contributed by atoms with Crippen LogP contribution in [0.3, 0.4) is 0 Å². The first kappa shape index (κ1) is 14.0. The summed E-state index contributed by atoms with van der Waals surface area (Å²) in [5.74, 6) is 0. The normalized spacial score (nSPS) is 24.5. The number of nitrogens with zero attached hydrogens (tertiary/aromatic N) is 1. The Labute approximate surface area is 119 Å². The highest BCUT2D eigenvalue weighted by Gasteiger charge is 2.22. The van der Waals surface area contributed by atoms with Gasteiger partial charge in [0.1, 0.15) is 0 Å². The summed E-state index contributed by atoms with van der Waals surface area (Å²) >= 11 is 3.56. The lowest BCUT2D eigenvalue weighted by molar-refractivity contribution is 0.176. The molecule has 3 heteroatoms. The fraction of sp³-hybridized carbons (Fsp3) is 0.600. The Morgan fingerprint density at radius 3 is 2.61 bits per heavy atom. The van der Waals surface area contributed by atoms with Crippen molar-refractivity contribution in [3.05, 3.63) is 33.8 Å². The van der Waals surface area contributed by atoms with Crippen molar-refractivity contribution in [2.75, 3.05) is 7.05 Å². The van der Waals surface area contributed by atoms with Crippen LogP contribution in [0.25, 0.3) is 0 Å². The molecule has 1 fully saturated rings. The van der Waals surface area contributed by atoms with Crippen LogP contribution in [0, 0.1) is 6.92 Å². The molecular weight excluding hydrogens is 288 g/mol. The molecule has 0 unspecified atom stereocenters. The predicted molar refractivity (Wildman–Crippen MR) is 80.6 cm³/mol. The highest BCUT2D eigenvalue weighted by atomic mass is 79.9. The summed E-state index contributed by atoms with van der Waals surface area (Å²) in [7, 11) is 2.24. The van der Waals surface area contributed by atoms with Crippen LogP contribution in [0.1, 0.15) is 36.8 Å². The molecule has 0 amide bonds. The Morgan fingerprint density at radius 2 is 1.94 bits per heavy atom. The number of nitrogens with two attached hydrogens (primary N) is 1. The molecule has 1 aliphatic carbocycles. The van der Waals surface area contributed by atoms with Gasteiger partial charge in [-0.05, 0) is 62.9 Å². The van der Waals surface area contributed by atoms with Crippen molar-refractivity contribution in [2.45, 2.75) is 51.2 Å². The van der Waals surface area contributed by atoms with Crippen LogP contribution in [-0.4, -0.2) is 24.0 Å². The van der Waals surface area contributed by atoms with Gasteiger partial charge in [-0.25, -0.2) is 0 Å². The van der Waals surface area contributed by atoms with Gasteiger partial charge in [0.05, 0.1) is 0 Å². The van der Waals surface area contributed by atoms with E-state index in [1.807, 2.05) is 0 Å². The number of halogens is 1. The maximum Gasteiger partial charge on any atom is 0.0236 e. The van der Waals surface area contributed by atoms with Gasteiger partial charge in [-0.3, -0.25) is 4.90 Å². The van der Waals surface area contributed by atoms with E-state index in [0.29, 0.717) is 12.1 Å². The minimum Gasteiger partial charge on any atom is -0.328 e. The summed E-state index contributed by atoms with van der Waals surface area (Å²) in [5.41, 5.74) is 8.76. The third-order valence-corrected chi connectivity index (χ3v) is 4.59. The van der Waals surface area contributed by atoms with Crippen LogP contribution in [0.4, 0.5) is 0 Å². The maximum atomic E-state index is 5.97.